The highest BCUT2D eigenvalue weighted by molar-refractivity contribution is 6.68. The van der Waals surface area contributed by atoms with Crippen LogP contribution in [0.3, 0.4) is 0 Å². The van der Waals surface area contributed by atoms with Crippen molar-refractivity contribution in [1.82, 2.24) is 9.97 Å². The van der Waals surface area contributed by atoms with Crippen molar-refractivity contribution in [3.05, 3.63) is 65.9 Å². The maximum atomic E-state index is 9.92. The van der Waals surface area contributed by atoms with E-state index in [2.05, 4.69) is 26.7 Å². The second-order valence-corrected chi connectivity index (χ2v) is 6.31. The third kappa shape index (κ3) is 3.34. The van der Waals surface area contributed by atoms with E-state index in [-0.39, 0.29) is 6.92 Å². The van der Waals surface area contributed by atoms with Crippen molar-refractivity contribution in [2.45, 2.75) is 19.7 Å². The Hall–Kier alpha value is -2.86. The van der Waals surface area contributed by atoms with E-state index in [1.54, 1.807) is 6.20 Å². The lowest BCUT2D eigenvalue weighted by Gasteiger charge is -2.12. The molecule has 5 nitrogen and oxygen atoms in total. The van der Waals surface area contributed by atoms with Gasteiger partial charge in [-0.2, -0.15) is 4.98 Å². The number of rotatable bonds is 4. The molecule has 2 aromatic carbocycles. The van der Waals surface area contributed by atoms with E-state index in [9.17, 15) is 5.02 Å². The Labute approximate surface area is 147 Å². The van der Waals surface area contributed by atoms with Crippen LogP contribution in [0.4, 0.5) is 23.1 Å². The molecule has 6 heteroatoms. The molecule has 0 radical (unpaired) electrons. The highest BCUT2D eigenvalue weighted by Crippen LogP contribution is 2.22. The second kappa shape index (κ2) is 6.57. The molecule has 3 N–H and O–H groups in total. The fourth-order valence-corrected chi connectivity index (χ4v) is 3.09. The molecule has 0 saturated carbocycles. The Morgan fingerprint density at radius 3 is 2.72 bits per heavy atom. The van der Waals surface area contributed by atoms with E-state index in [4.69, 9.17) is 0 Å². The van der Waals surface area contributed by atoms with E-state index in [0.717, 1.165) is 41.0 Å². The third-order valence-electron chi connectivity index (χ3n) is 4.45. The predicted molar refractivity (Wildman–Crippen MR) is 102 cm³/mol. The lowest BCUT2D eigenvalue weighted by atomic mass is 9.63. The zero-order valence-electron chi connectivity index (χ0n) is 14.0. The molecule has 2 heterocycles. The predicted octanol–water partition coefficient (Wildman–Crippen LogP) is 3.02. The van der Waals surface area contributed by atoms with Gasteiger partial charge in [-0.05, 0) is 55.0 Å². The molecule has 3 aromatic rings. The lowest BCUT2D eigenvalue weighted by molar-refractivity contribution is 0.587. The van der Waals surface area contributed by atoms with Gasteiger partial charge in [-0.1, -0.05) is 24.3 Å². The highest BCUT2D eigenvalue weighted by Gasteiger charge is 2.24. The van der Waals surface area contributed by atoms with Crippen molar-refractivity contribution in [3.63, 3.8) is 0 Å². The molecule has 1 aromatic heterocycles. The maximum Gasteiger partial charge on any atom is 0.324 e. The van der Waals surface area contributed by atoms with Crippen molar-refractivity contribution in [2.24, 2.45) is 0 Å². The zero-order chi connectivity index (χ0) is 17.2. The first-order valence-electron chi connectivity index (χ1n) is 8.43. The van der Waals surface area contributed by atoms with Crippen LogP contribution in [0.5, 0.6) is 0 Å². The summed E-state index contributed by atoms with van der Waals surface area (Å²) in [6.45, 7) is 1.65. The molecule has 0 atom stereocenters. The van der Waals surface area contributed by atoms with Crippen molar-refractivity contribution < 1.29 is 5.02 Å². The molecule has 1 aliphatic heterocycles. The summed E-state index contributed by atoms with van der Waals surface area (Å²) in [6, 6.07) is 16.0. The fourth-order valence-electron chi connectivity index (χ4n) is 3.09. The summed E-state index contributed by atoms with van der Waals surface area (Å²) >= 11 is 0. The SMILES string of the molecule is Cc1cnc(Nc2ccc3c(c2)CCB3O)nc1Nc1ccccc1. The highest BCUT2D eigenvalue weighted by atomic mass is 16.2. The van der Waals surface area contributed by atoms with Crippen LogP contribution in [0.15, 0.2) is 54.7 Å². The summed E-state index contributed by atoms with van der Waals surface area (Å²) in [4.78, 5) is 8.96. The summed E-state index contributed by atoms with van der Waals surface area (Å²) in [6.07, 6.45) is 3.50. The van der Waals surface area contributed by atoms with Gasteiger partial charge in [0.15, 0.2) is 0 Å². The topological polar surface area (TPSA) is 70.1 Å². The summed E-state index contributed by atoms with van der Waals surface area (Å²) in [5, 5.41) is 16.5. The first kappa shape index (κ1) is 15.7. The van der Waals surface area contributed by atoms with Gasteiger partial charge in [-0.3, -0.25) is 0 Å². The maximum absolute atomic E-state index is 9.92. The monoisotopic (exact) mass is 330 g/mol. The van der Waals surface area contributed by atoms with Crippen LogP contribution >= 0.6 is 0 Å². The van der Waals surface area contributed by atoms with Gasteiger partial charge >= 0.3 is 6.92 Å². The molecular weight excluding hydrogens is 311 g/mol. The Balaban J connectivity index is 1.56. The zero-order valence-corrected chi connectivity index (χ0v) is 14.0. The Kier molecular flexibility index (Phi) is 4.11. The van der Waals surface area contributed by atoms with Crippen LogP contribution in [0.1, 0.15) is 11.1 Å². The number of nitrogens with zero attached hydrogens (tertiary/aromatic N) is 2. The lowest BCUT2D eigenvalue weighted by Crippen LogP contribution is -2.25. The van der Waals surface area contributed by atoms with Crippen LogP contribution in [-0.2, 0) is 6.42 Å². The van der Waals surface area contributed by atoms with Crippen LogP contribution in [0.25, 0.3) is 0 Å². The molecule has 0 aliphatic carbocycles. The number of aromatic nitrogens is 2. The molecule has 0 bridgehead atoms. The normalized spacial score (nSPS) is 12.8. The number of hydrogen-bond acceptors (Lipinski definition) is 5. The molecule has 0 unspecified atom stereocenters. The number of anilines is 4. The first-order valence-corrected chi connectivity index (χ1v) is 8.43. The number of fused-ring (bicyclic) bond motifs is 1. The molecule has 25 heavy (non-hydrogen) atoms. The van der Waals surface area contributed by atoms with Crippen molar-refractivity contribution >= 4 is 35.5 Å². The van der Waals surface area contributed by atoms with Gasteiger partial charge in [0.1, 0.15) is 5.82 Å². The van der Waals surface area contributed by atoms with E-state index in [1.807, 2.05) is 49.4 Å². The van der Waals surface area contributed by atoms with Gasteiger partial charge in [-0.25, -0.2) is 4.98 Å². The Bertz CT molecular complexity index is 901. The minimum atomic E-state index is -0.332. The van der Waals surface area contributed by atoms with Gasteiger partial charge in [0.05, 0.1) is 0 Å². The second-order valence-electron chi connectivity index (χ2n) is 6.31. The van der Waals surface area contributed by atoms with E-state index >= 15 is 0 Å². The number of para-hydroxylation sites is 1. The van der Waals surface area contributed by atoms with Crippen LogP contribution < -0.4 is 16.1 Å². The average Bonchev–Trinajstić information content (AvgIpc) is 2.99. The first-order chi connectivity index (χ1) is 12.2. The smallest absolute Gasteiger partial charge is 0.324 e. The summed E-state index contributed by atoms with van der Waals surface area (Å²) in [5.74, 6) is 1.32. The molecule has 1 aliphatic rings. The summed E-state index contributed by atoms with van der Waals surface area (Å²) in [5.41, 5.74) is 5.12. The van der Waals surface area contributed by atoms with Gasteiger partial charge in [0.25, 0.3) is 0 Å². The molecule has 124 valence electrons. The van der Waals surface area contributed by atoms with Crippen molar-refractivity contribution in [1.29, 1.82) is 0 Å². The van der Waals surface area contributed by atoms with Crippen molar-refractivity contribution in [2.75, 3.05) is 10.6 Å². The Morgan fingerprint density at radius 2 is 1.88 bits per heavy atom. The number of aryl methyl sites for hydroxylation is 2. The number of nitrogens with one attached hydrogen (secondary N) is 2. The van der Waals surface area contributed by atoms with E-state index in [0.29, 0.717) is 5.95 Å². The third-order valence-corrected chi connectivity index (χ3v) is 4.45. The molecule has 0 amide bonds. The summed E-state index contributed by atoms with van der Waals surface area (Å²) in [7, 11) is 0. The molecule has 0 spiro atoms. The average molecular weight is 330 g/mol. The summed E-state index contributed by atoms with van der Waals surface area (Å²) < 4.78 is 0. The number of benzene rings is 2. The number of hydrogen-bond donors (Lipinski definition) is 3. The van der Waals surface area contributed by atoms with Crippen LogP contribution in [-0.4, -0.2) is 21.9 Å². The van der Waals surface area contributed by atoms with E-state index in [1.165, 1.54) is 5.56 Å². The van der Waals surface area contributed by atoms with Gasteiger partial charge in [0.2, 0.25) is 5.95 Å². The quantitative estimate of drug-likeness (QED) is 0.642. The standard InChI is InChI=1S/C19H19BN4O/c1-13-12-21-19(24-18(13)22-15-5-3-2-4-6-15)23-16-7-8-17-14(11-16)9-10-20(17)25/h2-8,11-12,25H,9-10H2,1H3,(H2,21,22,23,24). The van der Waals surface area contributed by atoms with Gasteiger partial charge in [-0.15, -0.1) is 0 Å². The van der Waals surface area contributed by atoms with Crippen molar-refractivity contribution in [3.8, 4) is 0 Å². The van der Waals surface area contributed by atoms with Crippen LogP contribution in [0, 0.1) is 6.92 Å². The molecule has 0 saturated heterocycles. The molecule has 0 fully saturated rings. The van der Waals surface area contributed by atoms with E-state index < -0.39 is 0 Å². The Morgan fingerprint density at radius 1 is 1.04 bits per heavy atom. The molecule has 4 rings (SSSR count). The minimum Gasteiger partial charge on any atom is -0.446 e. The fraction of sp³-hybridized carbons (Fsp3) is 0.158. The van der Waals surface area contributed by atoms with Crippen LogP contribution in [0.2, 0.25) is 6.32 Å². The minimum absolute atomic E-state index is 0.332. The van der Waals surface area contributed by atoms with Gasteiger partial charge < -0.3 is 15.7 Å². The van der Waals surface area contributed by atoms with Gasteiger partial charge in [0, 0.05) is 23.1 Å². The molecular formula is C19H19BN4O. The largest absolute Gasteiger partial charge is 0.446 e.